The molecule has 6 nitrogen and oxygen atoms in total. The Balaban J connectivity index is 1.80. The Morgan fingerprint density at radius 3 is 2.52 bits per heavy atom. The summed E-state index contributed by atoms with van der Waals surface area (Å²) in [5.41, 5.74) is 0.985. The molecule has 2 aromatic carbocycles. The van der Waals surface area contributed by atoms with E-state index in [-0.39, 0.29) is 23.4 Å². The molecule has 1 saturated heterocycles. The van der Waals surface area contributed by atoms with Gasteiger partial charge in [-0.25, -0.2) is 4.39 Å². The predicted molar refractivity (Wildman–Crippen MR) is 121 cm³/mol. The molecule has 1 atom stereocenters. The van der Waals surface area contributed by atoms with Crippen LogP contribution in [0.2, 0.25) is 0 Å². The van der Waals surface area contributed by atoms with Crippen LogP contribution in [-0.4, -0.2) is 33.3 Å². The summed E-state index contributed by atoms with van der Waals surface area (Å²) in [5, 5.41) is 11.1. The number of amides is 1. The van der Waals surface area contributed by atoms with E-state index < -0.39 is 23.5 Å². The standard InChI is InChI=1S/C26H23FN2O4/c1-2-14-33-19-11-9-18(10-12-19)24(30)22-23(20-7-3-4-8-21(20)27)29(26(32)25(22)31)16-17-6-5-13-28-15-17/h3-13,15,23,30H,2,14,16H2,1H3/t23-/m1/s1. The molecule has 7 heteroatoms. The number of pyridine rings is 1. The van der Waals surface area contributed by atoms with Crippen molar-refractivity contribution in [1.29, 1.82) is 0 Å². The summed E-state index contributed by atoms with van der Waals surface area (Å²) in [6.07, 6.45) is 4.03. The number of carbonyl (C=O) groups is 2. The van der Waals surface area contributed by atoms with Crippen molar-refractivity contribution in [3.63, 3.8) is 0 Å². The molecule has 0 bridgehead atoms. The highest BCUT2D eigenvalue weighted by atomic mass is 19.1. The first-order valence-electron chi connectivity index (χ1n) is 10.7. The number of ether oxygens (including phenoxy) is 1. The SMILES string of the molecule is CCCOc1ccc(C(O)=C2C(=O)C(=O)N(Cc3cccnc3)[C@@H]2c2ccccc2F)cc1. The summed E-state index contributed by atoms with van der Waals surface area (Å²) >= 11 is 0. The van der Waals surface area contributed by atoms with Crippen molar-refractivity contribution >= 4 is 17.4 Å². The first-order valence-corrected chi connectivity index (χ1v) is 10.7. The minimum atomic E-state index is -1.08. The van der Waals surface area contributed by atoms with Gasteiger partial charge in [-0.2, -0.15) is 0 Å². The molecule has 168 valence electrons. The van der Waals surface area contributed by atoms with Crippen LogP contribution in [0.1, 0.15) is 36.1 Å². The average Bonchev–Trinajstić information content (AvgIpc) is 3.08. The number of Topliss-reactive ketones (excluding diaryl/α,β-unsaturated/α-hetero) is 1. The van der Waals surface area contributed by atoms with Gasteiger partial charge in [0.05, 0.1) is 18.2 Å². The number of aliphatic hydroxyl groups is 1. The molecule has 1 N–H and O–H groups in total. The topological polar surface area (TPSA) is 79.7 Å². The van der Waals surface area contributed by atoms with Crippen molar-refractivity contribution in [3.8, 4) is 5.75 Å². The second kappa shape index (κ2) is 9.65. The highest BCUT2D eigenvalue weighted by Gasteiger charge is 2.46. The molecule has 33 heavy (non-hydrogen) atoms. The number of aliphatic hydroxyl groups excluding tert-OH is 1. The predicted octanol–water partition coefficient (Wildman–Crippen LogP) is 4.63. The van der Waals surface area contributed by atoms with Crippen LogP contribution in [0.4, 0.5) is 4.39 Å². The lowest BCUT2D eigenvalue weighted by Gasteiger charge is -2.25. The van der Waals surface area contributed by atoms with Gasteiger partial charge in [0.1, 0.15) is 17.3 Å². The average molecular weight is 446 g/mol. The monoisotopic (exact) mass is 446 g/mol. The van der Waals surface area contributed by atoms with E-state index in [0.717, 1.165) is 6.42 Å². The number of hydrogen-bond donors (Lipinski definition) is 1. The number of aromatic nitrogens is 1. The summed E-state index contributed by atoms with van der Waals surface area (Å²) in [6.45, 7) is 2.59. The Kier molecular flexibility index (Phi) is 6.49. The number of benzene rings is 2. The van der Waals surface area contributed by atoms with Gasteiger partial charge in [0.15, 0.2) is 0 Å². The Labute approximate surface area is 191 Å². The number of halogens is 1. The fourth-order valence-electron chi connectivity index (χ4n) is 3.84. The largest absolute Gasteiger partial charge is 0.507 e. The van der Waals surface area contributed by atoms with Crippen LogP contribution >= 0.6 is 0 Å². The van der Waals surface area contributed by atoms with Crippen molar-refractivity contribution in [1.82, 2.24) is 9.88 Å². The zero-order valence-electron chi connectivity index (χ0n) is 18.1. The zero-order chi connectivity index (χ0) is 23.4. The number of carbonyl (C=O) groups excluding carboxylic acids is 2. The maximum absolute atomic E-state index is 14.8. The van der Waals surface area contributed by atoms with Crippen molar-refractivity contribution in [2.45, 2.75) is 25.9 Å². The van der Waals surface area contributed by atoms with Crippen molar-refractivity contribution < 1.29 is 23.8 Å². The Morgan fingerprint density at radius 1 is 1.09 bits per heavy atom. The molecule has 1 aliphatic heterocycles. The van der Waals surface area contributed by atoms with E-state index in [0.29, 0.717) is 23.5 Å². The van der Waals surface area contributed by atoms with Gasteiger partial charge >= 0.3 is 0 Å². The van der Waals surface area contributed by atoms with Crippen LogP contribution in [0.5, 0.6) is 5.75 Å². The summed E-state index contributed by atoms with van der Waals surface area (Å²) in [5.74, 6) is -1.99. The second-order valence-electron chi connectivity index (χ2n) is 7.68. The Morgan fingerprint density at radius 2 is 1.85 bits per heavy atom. The van der Waals surface area contributed by atoms with Crippen LogP contribution < -0.4 is 4.74 Å². The molecule has 1 aromatic heterocycles. The van der Waals surface area contributed by atoms with Crippen molar-refractivity contribution in [3.05, 3.63) is 101 Å². The van der Waals surface area contributed by atoms with Gasteiger partial charge in [0, 0.05) is 30.1 Å². The Hall–Kier alpha value is -4.00. The molecular weight excluding hydrogens is 423 g/mol. The summed E-state index contributed by atoms with van der Waals surface area (Å²) in [7, 11) is 0. The van der Waals surface area contributed by atoms with E-state index in [1.54, 1.807) is 54.9 Å². The van der Waals surface area contributed by atoms with Crippen LogP contribution in [0.15, 0.2) is 78.6 Å². The summed E-state index contributed by atoms with van der Waals surface area (Å²) < 4.78 is 20.4. The van der Waals surface area contributed by atoms with Gasteiger partial charge in [-0.05, 0) is 48.4 Å². The molecule has 0 spiro atoms. The molecule has 3 aromatic rings. The third kappa shape index (κ3) is 4.48. The number of hydrogen-bond acceptors (Lipinski definition) is 5. The Bertz CT molecular complexity index is 1190. The smallest absolute Gasteiger partial charge is 0.295 e. The van der Waals surface area contributed by atoms with E-state index in [1.165, 1.54) is 23.1 Å². The van der Waals surface area contributed by atoms with Gasteiger partial charge in [0.2, 0.25) is 0 Å². The maximum atomic E-state index is 14.8. The molecule has 0 unspecified atom stereocenters. The number of nitrogens with zero attached hydrogens (tertiary/aromatic N) is 2. The summed E-state index contributed by atoms with van der Waals surface area (Å²) in [4.78, 5) is 31.4. The molecule has 0 aliphatic carbocycles. The van der Waals surface area contributed by atoms with Crippen molar-refractivity contribution in [2.75, 3.05) is 6.61 Å². The van der Waals surface area contributed by atoms with Crippen LogP contribution in [0, 0.1) is 5.82 Å². The van der Waals surface area contributed by atoms with Crippen molar-refractivity contribution in [2.24, 2.45) is 0 Å². The third-order valence-corrected chi connectivity index (χ3v) is 5.42. The number of ketones is 1. The minimum absolute atomic E-state index is 0.0397. The molecule has 1 amide bonds. The van der Waals surface area contributed by atoms with Crippen LogP contribution in [0.25, 0.3) is 5.76 Å². The van der Waals surface area contributed by atoms with Crippen LogP contribution in [0.3, 0.4) is 0 Å². The number of rotatable bonds is 7. The quantitative estimate of drug-likeness (QED) is 0.325. The molecule has 1 fully saturated rings. The number of likely N-dealkylation sites (tertiary alicyclic amines) is 1. The molecule has 0 saturated carbocycles. The lowest BCUT2D eigenvalue weighted by atomic mass is 9.94. The van der Waals surface area contributed by atoms with E-state index in [1.807, 2.05) is 6.92 Å². The van der Waals surface area contributed by atoms with E-state index in [4.69, 9.17) is 4.74 Å². The van der Waals surface area contributed by atoms with Gasteiger partial charge in [-0.3, -0.25) is 14.6 Å². The van der Waals surface area contributed by atoms with E-state index in [9.17, 15) is 19.1 Å². The second-order valence-corrected chi connectivity index (χ2v) is 7.68. The molecule has 4 rings (SSSR count). The highest BCUT2D eigenvalue weighted by Crippen LogP contribution is 2.41. The van der Waals surface area contributed by atoms with Gasteiger partial charge in [-0.15, -0.1) is 0 Å². The lowest BCUT2D eigenvalue weighted by molar-refractivity contribution is -0.140. The van der Waals surface area contributed by atoms with Gasteiger partial charge < -0.3 is 14.7 Å². The minimum Gasteiger partial charge on any atom is -0.507 e. The normalized spacial score (nSPS) is 17.4. The fourth-order valence-corrected chi connectivity index (χ4v) is 3.84. The third-order valence-electron chi connectivity index (χ3n) is 5.42. The fraction of sp³-hybridized carbons (Fsp3) is 0.192. The molecule has 2 heterocycles. The maximum Gasteiger partial charge on any atom is 0.295 e. The first-order chi connectivity index (χ1) is 16.0. The lowest BCUT2D eigenvalue weighted by Crippen LogP contribution is -2.29. The van der Waals surface area contributed by atoms with Gasteiger partial charge in [-0.1, -0.05) is 31.2 Å². The van der Waals surface area contributed by atoms with E-state index in [2.05, 4.69) is 4.98 Å². The zero-order valence-corrected chi connectivity index (χ0v) is 18.1. The first kappa shape index (κ1) is 22.2. The van der Waals surface area contributed by atoms with E-state index >= 15 is 0 Å². The summed E-state index contributed by atoms with van der Waals surface area (Å²) in [6, 6.07) is 14.9. The van der Waals surface area contributed by atoms with Gasteiger partial charge in [0.25, 0.3) is 11.7 Å². The molecule has 1 aliphatic rings. The highest BCUT2D eigenvalue weighted by molar-refractivity contribution is 6.46. The molecular formula is C26H23FN2O4. The molecule has 0 radical (unpaired) electrons. The van der Waals surface area contributed by atoms with Crippen LogP contribution in [-0.2, 0) is 16.1 Å².